The van der Waals surface area contributed by atoms with E-state index in [2.05, 4.69) is 55.3 Å². The lowest BCUT2D eigenvalue weighted by molar-refractivity contribution is 0.272. The van der Waals surface area contributed by atoms with Crippen LogP contribution in [0.1, 0.15) is 27.2 Å². The molecule has 0 radical (unpaired) electrons. The Morgan fingerprint density at radius 2 is 1.80 bits per heavy atom. The molecule has 0 aliphatic carbocycles. The predicted octanol–water partition coefficient (Wildman–Crippen LogP) is 2.54. The summed E-state index contributed by atoms with van der Waals surface area (Å²) < 4.78 is 0.804. The van der Waals surface area contributed by atoms with Crippen LogP contribution >= 0.6 is 22.6 Å². The number of hydrogen-bond donors (Lipinski definition) is 0. The van der Waals surface area contributed by atoms with Crippen molar-refractivity contribution in [2.75, 3.05) is 13.6 Å². The normalized spacial score (nSPS) is 14.7. The van der Waals surface area contributed by atoms with Crippen LogP contribution in [0.2, 0.25) is 0 Å². The van der Waals surface area contributed by atoms with E-state index in [0.29, 0.717) is 6.04 Å². The molecule has 0 aliphatic rings. The molecule has 1 nitrogen and oxygen atoms in total. The van der Waals surface area contributed by atoms with E-state index in [1.54, 1.807) is 0 Å². The molecule has 0 unspecified atom stereocenters. The minimum atomic E-state index is 0.690. The molecule has 0 aromatic heterocycles. The molecular weight excluding hydrogens is 237 g/mol. The highest BCUT2D eigenvalue weighted by Gasteiger charge is 2.03. The van der Waals surface area contributed by atoms with Crippen molar-refractivity contribution < 1.29 is 0 Å². The van der Waals surface area contributed by atoms with E-state index in [0.717, 1.165) is 3.92 Å². The summed E-state index contributed by atoms with van der Waals surface area (Å²) in [7, 11) is 2.18. The van der Waals surface area contributed by atoms with Crippen molar-refractivity contribution in [3.05, 3.63) is 0 Å². The first-order valence-corrected chi connectivity index (χ1v) is 5.13. The number of nitrogens with zero attached hydrogens (tertiary/aromatic N) is 1. The maximum absolute atomic E-state index is 2.47. The van der Waals surface area contributed by atoms with Gasteiger partial charge in [-0.05, 0) is 33.9 Å². The lowest BCUT2D eigenvalue weighted by atomic mass is 10.3. The second-order valence-corrected chi connectivity index (χ2v) is 5.27. The van der Waals surface area contributed by atoms with Gasteiger partial charge in [0, 0.05) is 9.97 Å². The Balaban J connectivity index is 3.30. The average Bonchev–Trinajstić information content (AvgIpc) is 1.82. The van der Waals surface area contributed by atoms with Gasteiger partial charge in [0.15, 0.2) is 0 Å². The first-order valence-electron chi connectivity index (χ1n) is 3.88. The molecule has 0 heterocycles. The molecule has 10 heavy (non-hydrogen) atoms. The van der Waals surface area contributed by atoms with Crippen LogP contribution in [0.4, 0.5) is 0 Å². The third-order valence-electron chi connectivity index (χ3n) is 1.76. The molecule has 0 bridgehead atoms. The molecule has 0 saturated heterocycles. The van der Waals surface area contributed by atoms with Gasteiger partial charge in [0.05, 0.1) is 0 Å². The molecule has 0 spiro atoms. The number of rotatable bonds is 4. The Kier molecular flexibility index (Phi) is 5.72. The van der Waals surface area contributed by atoms with Crippen LogP contribution in [0.15, 0.2) is 0 Å². The highest BCUT2D eigenvalue weighted by molar-refractivity contribution is 14.1. The van der Waals surface area contributed by atoms with Crippen LogP contribution in [0.5, 0.6) is 0 Å². The summed E-state index contributed by atoms with van der Waals surface area (Å²) in [5.41, 5.74) is 0. The van der Waals surface area contributed by atoms with Gasteiger partial charge in [-0.2, -0.15) is 0 Å². The maximum Gasteiger partial charge on any atom is 0.00934 e. The van der Waals surface area contributed by atoms with E-state index in [1.165, 1.54) is 13.0 Å². The zero-order valence-electron chi connectivity index (χ0n) is 7.39. The molecule has 62 valence electrons. The molecular formula is C8H18IN. The molecule has 0 aliphatic heterocycles. The van der Waals surface area contributed by atoms with Crippen LogP contribution in [0.3, 0.4) is 0 Å². The second kappa shape index (κ2) is 5.35. The highest BCUT2D eigenvalue weighted by atomic mass is 127. The summed E-state index contributed by atoms with van der Waals surface area (Å²) in [6.45, 7) is 7.95. The van der Waals surface area contributed by atoms with Gasteiger partial charge in [-0.25, -0.2) is 0 Å². The molecule has 0 amide bonds. The minimum absolute atomic E-state index is 0.690. The van der Waals surface area contributed by atoms with Gasteiger partial charge >= 0.3 is 0 Å². The van der Waals surface area contributed by atoms with Gasteiger partial charge in [-0.15, -0.1) is 0 Å². The molecule has 0 aromatic rings. The summed E-state index contributed by atoms with van der Waals surface area (Å²) in [4.78, 5) is 2.38. The number of hydrogen-bond acceptors (Lipinski definition) is 1. The van der Waals surface area contributed by atoms with Gasteiger partial charge in [0.25, 0.3) is 0 Å². The van der Waals surface area contributed by atoms with Crippen molar-refractivity contribution >= 4 is 22.6 Å². The predicted molar refractivity (Wildman–Crippen MR) is 55.9 cm³/mol. The number of alkyl halides is 1. The largest absolute Gasteiger partial charge is 0.304 e. The summed E-state index contributed by atoms with van der Waals surface area (Å²) in [5.74, 6) is 0. The molecule has 0 saturated carbocycles. The van der Waals surface area contributed by atoms with E-state index in [4.69, 9.17) is 0 Å². The van der Waals surface area contributed by atoms with Crippen LogP contribution in [0, 0.1) is 0 Å². The van der Waals surface area contributed by atoms with Gasteiger partial charge < -0.3 is 4.90 Å². The Morgan fingerprint density at radius 3 is 2.10 bits per heavy atom. The second-order valence-electron chi connectivity index (χ2n) is 3.14. The molecule has 2 heteroatoms. The van der Waals surface area contributed by atoms with Crippen molar-refractivity contribution in [2.24, 2.45) is 0 Å². The van der Waals surface area contributed by atoms with Crippen molar-refractivity contribution in [1.29, 1.82) is 0 Å². The SMILES string of the molecule is CC(C)N(C)CC[C@H](C)I. The number of halogens is 1. The first kappa shape index (κ1) is 10.7. The smallest absolute Gasteiger partial charge is 0.00934 e. The van der Waals surface area contributed by atoms with E-state index in [-0.39, 0.29) is 0 Å². The van der Waals surface area contributed by atoms with E-state index < -0.39 is 0 Å². The minimum Gasteiger partial charge on any atom is -0.304 e. The van der Waals surface area contributed by atoms with E-state index in [1.807, 2.05) is 0 Å². The zero-order valence-corrected chi connectivity index (χ0v) is 9.55. The topological polar surface area (TPSA) is 3.24 Å². The highest BCUT2D eigenvalue weighted by Crippen LogP contribution is 2.05. The summed E-state index contributed by atoms with van der Waals surface area (Å²) >= 11 is 2.47. The van der Waals surface area contributed by atoms with Crippen molar-refractivity contribution in [3.63, 3.8) is 0 Å². The Hall–Kier alpha value is 0.690. The quantitative estimate of drug-likeness (QED) is 0.551. The Bertz CT molecular complexity index is 81.3. The standard InChI is InChI=1S/C8H18IN/c1-7(2)10(4)6-5-8(3)9/h7-8H,5-6H2,1-4H3/t8-/m0/s1. The summed E-state index contributed by atoms with van der Waals surface area (Å²) in [6, 6.07) is 0.690. The first-order chi connectivity index (χ1) is 4.54. The van der Waals surface area contributed by atoms with Gasteiger partial charge in [0.1, 0.15) is 0 Å². The Labute approximate surface area is 78.3 Å². The maximum atomic E-state index is 2.47. The van der Waals surface area contributed by atoms with Gasteiger partial charge in [-0.1, -0.05) is 29.5 Å². The van der Waals surface area contributed by atoms with Crippen LogP contribution in [-0.2, 0) is 0 Å². The fourth-order valence-corrected chi connectivity index (χ4v) is 0.918. The molecule has 1 atom stereocenters. The zero-order chi connectivity index (χ0) is 8.15. The fraction of sp³-hybridized carbons (Fsp3) is 1.00. The van der Waals surface area contributed by atoms with Crippen LogP contribution in [-0.4, -0.2) is 28.5 Å². The average molecular weight is 255 g/mol. The van der Waals surface area contributed by atoms with E-state index in [9.17, 15) is 0 Å². The van der Waals surface area contributed by atoms with Crippen molar-refractivity contribution in [2.45, 2.75) is 37.2 Å². The molecule has 0 rings (SSSR count). The van der Waals surface area contributed by atoms with Crippen LogP contribution < -0.4 is 0 Å². The molecule has 0 fully saturated rings. The third-order valence-corrected chi connectivity index (χ3v) is 2.38. The third kappa shape index (κ3) is 5.47. The Morgan fingerprint density at radius 1 is 1.30 bits per heavy atom. The van der Waals surface area contributed by atoms with Crippen molar-refractivity contribution in [3.8, 4) is 0 Å². The van der Waals surface area contributed by atoms with Crippen molar-refractivity contribution in [1.82, 2.24) is 4.90 Å². The van der Waals surface area contributed by atoms with Gasteiger partial charge in [-0.3, -0.25) is 0 Å². The van der Waals surface area contributed by atoms with Gasteiger partial charge in [0.2, 0.25) is 0 Å². The summed E-state index contributed by atoms with van der Waals surface area (Å²) in [5, 5.41) is 0. The summed E-state index contributed by atoms with van der Waals surface area (Å²) in [6.07, 6.45) is 1.30. The monoisotopic (exact) mass is 255 g/mol. The van der Waals surface area contributed by atoms with Crippen LogP contribution in [0.25, 0.3) is 0 Å². The molecule has 0 aromatic carbocycles. The lowest BCUT2D eigenvalue weighted by Gasteiger charge is -2.21. The van der Waals surface area contributed by atoms with E-state index >= 15 is 0 Å². The lowest BCUT2D eigenvalue weighted by Crippen LogP contribution is -2.28. The fourth-order valence-electron chi connectivity index (χ4n) is 0.640. The molecule has 0 N–H and O–H groups in total.